The molecule has 69 heavy (non-hydrogen) atoms. The Morgan fingerprint density at radius 3 is 1.62 bits per heavy atom. The van der Waals surface area contributed by atoms with Gasteiger partial charge in [-0.25, -0.2) is 0 Å². The van der Waals surface area contributed by atoms with Gasteiger partial charge in [-0.15, -0.1) is 0 Å². The lowest BCUT2D eigenvalue weighted by atomic mass is 9.65. The molecule has 0 atom stereocenters. The second-order valence-corrected chi connectivity index (χ2v) is 20.8. The Labute approximate surface area is 403 Å². The molecule has 0 amide bonds. The smallest absolute Gasteiger partial charge is 0.0754 e. The van der Waals surface area contributed by atoms with Gasteiger partial charge in [0.15, 0.2) is 0 Å². The summed E-state index contributed by atoms with van der Waals surface area (Å²) in [5.74, 6) is 0. The molecular weight excluding hydrogens is 833 g/mol. The maximum atomic E-state index is 2.58. The van der Waals surface area contributed by atoms with Gasteiger partial charge in [-0.05, 0) is 114 Å². The van der Waals surface area contributed by atoms with Gasteiger partial charge in [0.1, 0.15) is 0 Å². The summed E-state index contributed by atoms with van der Waals surface area (Å²) in [5, 5.41) is 2.56. The van der Waals surface area contributed by atoms with Gasteiger partial charge in [-0.1, -0.05) is 210 Å². The molecule has 10 aromatic carbocycles. The molecule has 2 nitrogen and oxygen atoms in total. The Balaban J connectivity index is 1.02. The first-order valence-corrected chi connectivity index (χ1v) is 24.5. The largest absolute Gasteiger partial charge is 0.309 e. The number of hydrogen-bond acceptors (Lipinski definition) is 1. The van der Waals surface area contributed by atoms with Gasteiger partial charge in [0.2, 0.25) is 0 Å². The molecule has 1 spiro atoms. The SMILES string of the molecule is CC1(C)c2ccccc2-c2ccc(N(c3ccccc3-c3ccc4c(c3)-n3c5ccccc5c5cccc(c53)C43c4ccccc4-c4ccccc43)c3cccc4c3-c3ccccc3C4(C)C)cc21. The van der Waals surface area contributed by atoms with E-state index < -0.39 is 5.41 Å². The average Bonchev–Trinajstić information content (AvgIpc) is 4.04. The van der Waals surface area contributed by atoms with Crippen molar-refractivity contribution in [2.45, 2.75) is 43.9 Å². The highest BCUT2D eigenvalue weighted by Gasteiger charge is 2.51. The molecule has 0 radical (unpaired) electrons. The Bertz CT molecular complexity index is 4000. The summed E-state index contributed by atoms with van der Waals surface area (Å²) in [6, 6.07) is 83.0. The molecule has 4 aliphatic rings. The maximum Gasteiger partial charge on any atom is 0.0754 e. The van der Waals surface area contributed by atoms with E-state index in [2.05, 4.69) is 256 Å². The van der Waals surface area contributed by atoms with Crippen LogP contribution in [0.4, 0.5) is 17.1 Å². The standard InChI is InChI=1S/C67H48N2/c1-65(2)52-27-12-8-24-50(52)63-56(65)30-18-34-61(63)68(42-36-37-47-44-20-5-11-26-51(44)66(3,4)58(47)40-42)59-32-15-9-19-43(59)41-35-38-55-62(39-41)69-60-33-16-10-23-48(60)49-25-17-31-57(64(49)69)67(55)53-28-13-6-21-45(53)46-22-7-14-29-54(46)67/h5-40H,1-4H3. The second kappa shape index (κ2) is 13.5. The van der Waals surface area contributed by atoms with E-state index in [1.165, 1.54) is 122 Å². The fourth-order valence-electron chi connectivity index (χ4n) is 13.8. The van der Waals surface area contributed by atoms with Crippen LogP contribution in [-0.2, 0) is 16.2 Å². The van der Waals surface area contributed by atoms with Crippen LogP contribution < -0.4 is 4.90 Å². The lowest BCUT2D eigenvalue weighted by molar-refractivity contribution is 0.660. The number of rotatable bonds is 4. The van der Waals surface area contributed by atoms with E-state index in [-0.39, 0.29) is 10.8 Å². The summed E-state index contributed by atoms with van der Waals surface area (Å²) in [6.45, 7) is 9.55. The molecule has 2 heteroatoms. The third-order valence-electron chi connectivity index (χ3n) is 16.8. The van der Waals surface area contributed by atoms with Crippen molar-refractivity contribution in [2.75, 3.05) is 4.90 Å². The van der Waals surface area contributed by atoms with E-state index in [0.717, 1.165) is 11.4 Å². The second-order valence-electron chi connectivity index (χ2n) is 20.8. The quantitative estimate of drug-likeness (QED) is 0.171. The highest BCUT2D eigenvalue weighted by molar-refractivity contribution is 6.13. The van der Waals surface area contributed by atoms with Crippen LogP contribution in [0.2, 0.25) is 0 Å². The van der Waals surface area contributed by atoms with Crippen molar-refractivity contribution in [1.29, 1.82) is 0 Å². The van der Waals surface area contributed by atoms with Crippen molar-refractivity contribution in [3.63, 3.8) is 0 Å². The van der Waals surface area contributed by atoms with E-state index >= 15 is 0 Å². The van der Waals surface area contributed by atoms with Crippen LogP contribution in [0, 0.1) is 0 Å². The molecule has 2 heterocycles. The van der Waals surface area contributed by atoms with Gasteiger partial charge in [0.05, 0.1) is 33.5 Å². The third-order valence-corrected chi connectivity index (χ3v) is 16.8. The zero-order chi connectivity index (χ0) is 46.0. The first-order valence-electron chi connectivity index (χ1n) is 24.5. The molecule has 11 aromatic rings. The third kappa shape index (κ3) is 4.81. The van der Waals surface area contributed by atoms with Crippen LogP contribution in [-0.4, -0.2) is 4.57 Å². The molecule has 0 bridgehead atoms. The van der Waals surface area contributed by atoms with Crippen LogP contribution in [0.1, 0.15) is 72.2 Å². The number of nitrogens with zero attached hydrogens (tertiary/aromatic N) is 2. The number of anilines is 3. The van der Waals surface area contributed by atoms with Crippen LogP contribution in [0.15, 0.2) is 218 Å². The topological polar surface area (TPSA) is 8.17 Å². The predicted octanol–water partition coefficient (Wildman–Crippen LogP) is 17.2. The summed E-state index contributed by atoms with van der Waals surface area (Å²) < 4.78 is 2.58. The fraction of sp³-hybridized carbons (Fsp3) is 0.104. The minimum atomic E-state index is -0.504. The molecule has 326 valence electrons. The lowest BCUT2D eigenvalue weighted by Crippen LogP contribution is -2.33. The van der Waals surface area contributed by atoms with Crippen LogP contribution in [0.25, 0.3) is 72.0 Å². The summed E-state index contributed by atoms with van der Waals surface area (Å²) >= 11 is 0. The molecular formula is C67H48N2. The van der Waals surface area contributed by atoms with Crippen LogP contribution in [0.3, 0.4) is 0 Å². The predicted molar refractivity (Wildman–Crippen MR) is 287 cm³/mol. The van der Waals surface area contributed by atoms with Crippen molar-refractivity contribution >= 4 is 38.9 Å². The van der Waals surface area contributed by atoms with Gasteiger partial charge in [0, 0.05) is 38.4 Å². The van der Waals surface area contributed by atoms with E-state index in [9.17, 15) is 0 Å². The Morgan fingerprint density at radius 1 is 0.348 bits per heavy atom. The molecule has 3 aliphatic carbocycles. The summed E-state index contributed by atoms with van der Waals surface area (Å²) in [5.41, 5.74) is 27.5. The Morgan fingerprint density at radius 2 is 0.870 bits per heavy atom. The summed E-state index contributed by atoms with van der Waals surface area (Å²) in [4.78, 5) is 2.58. The van der Waals surface area contributed by atoms with Crippen molar-refractivity contribution in [3.05, 3.63) is 263 Å². The van der Waals surface area contributed by atoms with Crippen molar-refractivity contribution in [1.82, 2.24) is 4.57 Å². The Kier molecular flexibility index (Phi) is 7.60. The number of para-hydroxylation sites is 3. The molecule has 1 aliphatic heterocycles. The molecule has 1 aromatic heterocycles. The van der Waals surface area contributed by atoms with Gasteiger partial charge >= 0.3 is 0 Å². The zero-order valence-corrected chi connectivity index (χ0v) is 39.2. The summed E-state index contributed by atoms with van der Waals surface area (Å²) in [7, 11) is 0. The average molecular weight is 881 g/mol. The van der Waals surface area contributed by atoms with E-state index in [4.69, 9.17) is 0 Å². The first kappa shape index (κ1) is 38.9. The Hall–Kier alpha value is -8.20. The maximum absolute atomic E-state index is 2.58. The molecule has 0 saturated heterocycles. The molecule has 0 unspecified atom stereocenters. The minimum Gasteiger partial charge on any atom is -0.309 e. The van der Waals surface area contributed by atoms with E-state index in [0.29, 0.717) is 0 Å². The monoisotopic (exact) mass is 880 g/mol. The van der Waals surface area contributed by atoms with Gasteiger partial charge in [0.25, 0.3) is 0 Å². The van der Waals surface area contributed by atoms with Crippen LogP contribution in [0.5, 0.6) is 0 Å². The zero-order valence-electron chi connectivity index (χ0n) is 39.2. The van der Waals surface area contributed by atoms with Gasteiger partial charge < -0.3 is 9.47 Å². The van der Waals surface area contributed by atoms with E-state index in [1.54, 1.807) is 0 Å². The number of fused-ring (bicyclic) bond motifs is 18. The first-order chi connectivity index (χ1) is 33.8. The molecule has 0 fully saturated rings. The van der Waals surface area contributed by atoms with E-state index in [1.807, 2.05) is 0 Å². The van der Waals surface area contributed by atoms with Crippen LogP contribution >= 0.6 is 0 Å². The number of benzene rings is 10. The van der Waals surface area contributed by atoms with Crippen molar-refractivity contribution in [3.8, 4) is 50.2 Å². The fourth-order valence-corrected chi connectivity index (χ4v) is 13.8. The molecule has 0 saturated carbocycles. The highest BCUT2D eigenvalue weighted by Crippen LogP contribution is 2.62. The van der Waals surface area contributed by atoms with Crippen molar-refractivity contribution < 1.29 is 0 Å². The molecule has 0 N–H and O–H groups in total. The normalized spacial score (nSPS) is 15.3. The lowest BCUT2D eigenvalue weighted by Gasteiger charge is -2.40. The highest BCUT2D eigenvalue weighted by atomic mass is 15.1. The number of aromatic nitrogens is 1. The van der Waals surface area contributed by atoms with Gasteiger partial charge in [-0.2, -0.15) is 0 Å². The van der Waals surface area contributed by atoms with Crippen molar-refractivity contribution in [2.24, 2.45) is 0 Å². The molecule has 15 rings (SSSR count). The van der Waals surface area contributed by atoms with Gasteiger partial charge in [-0.3, -0.25) is 0 Å². The minimum absolute atomic E-state index is 0.151. The summed E-state index contributed by atoms with van der Waals surface area (Å²) in [6.07, 6.45) is 0. The number of hydrogen-bond donors (Lipinski definition) is 0.